The second-order valence-corrected chi connectivity index (χ2v) is 7.48. The van der Waals surface area contributed by atoms with Crippen LogP contribution in [0, 0.1) is 5.92 Å². The van der Waals surface area contributed by atoms with Crippen LogP contribution in [0.3, 0.4) is 0 Å². The minimum atomic E-state index is 0.229. The highest BCUT2D eigenvalue weighted by molar-refractivity contribution is 5.76. The monoisotopic (exact) mass is 353 g/mol. The zero-order valence-corrected chi connectivity index (χ0v) is 15.4. The first kappa shape index (κ1) is 17.2. The van der Waals surface area contributed by atoms with Crippen molar-refractivity contribution in [3.05, 3.63) is 48.3 Å². The molecule has 2 atom stereocenters. The van der Waals surface area contributed by atoms with Crippen LogP contribution in [0.5, 0.6) is 0 Å². The van der Waals surface area contributed by atoms with Crippen LogP contribution in [-0.2, 0) is 24.3 Å². The van der Waals surface area contributed by atoms with E-state index >= 15 is 0 Å². The smallest absolute Gasteiger partial charge is 0.242 e. The Hall–Kier alpha value is -2.21. The predicted octanol–water partition coefficient (Wildman–Crippen LogP) is 1.96. The van der Waals surface area contributed by atoms with Gasteiger partial charge >= 0.3 is 0 Å². The molecule has 6 heteroatoms. The predicted molar refractivity (Wildman–Crippen MR) is 99.3 cm³/mol. The number of fused-ring (bicyclic) bond motifs is 4. The molecule has 0 saturated carbocycles. The normalized spacial score (nSPS) is 23.2. The van der Waals surface area contributed by atoms with E-state index in [0.29, 0.717) is 18.5 Å². The van der Waals surface area contributed by atoms with E-state index in [1.54, 1.807) is 6.20 Å². The van der Waals surface area contributed by atoms with Gasteiger partial charge in [-0.25, -0.2) is 4.98 Å². The number of hydrogen-bond donors (Lipinski definition) is 0. The minimum Gasteiger partial charge on any atom is -0.337 e. The average molecular weight is 353 g/mol. The summed E-state index contributed by atoms with van der Waals surface area (Å²) in [6, 6.07) is 6.40. The molecule has 6 nitrogen and oxygen atoms in total. The molecule has 0 unspecified atom stereocenters. The van der Waals surface area contributed by atoms with Crippen molar-refractivity contribution in [3.63, 3.8) is 0 Å². The molecule has 5 heterocycles. The first-order valence-corrected chi connectivity index (χ1v) is 9.64. The quantitative estimate of drug-likeness (QED) is 0.825. The van der Waals surface area contributed by atoms with Gasteiger partial charge in [-0.1, -0.05) is 13.0 Å². The molecule has 0 N–H and O–H groups in total. The van der Waals surface area contributed by atoms with E-state index in [-0.39, 0.29) is 5.91 Å². The summed E-state index contributed by atoms with van der Waals surface area (Å²) >= 11 is 0. The maximum atomic E-state index is 13.0. The van der Waals surface area contributed by atoms with E-state index in [1.165, 1.54) is 6.42 Å². The van der Waals surface area contributed by atoms with Gasteiger partial charge in [-0.15, -0.1) is 0 Å². The Kier molecular flexibility index (Phi) is 5.02. The molecule has 2 aromatic heterocycles. The molecule has 0 aromatic carbocycles. The highest BCUT2D eigenvalue weighted by atomic mass is 16.2. The Balaban J connectivity index is 1.43. The third-order valence-corrected chi connectivity index (χ3v) is 5.64. The zero-order chi connectivity index (χ0) is 17.9. The number of rotatable bonds is 5. The van der Waals surface area contributed by atoms with Crippen LogP contribution in [0.15, 0.2) is 36.8 Å². The summed E-state index contributed by atoms with van der Waals surface area (Å²) in [6.45, 7) is 6.25. The van der Waals surface area contributed by atoms with Gasteiger partial charge in [0, 0.05) is 57.2 Å². The van der Waals surface area contributed by atoms with E-state index in [9.17, 15) is 4.79 Å². The van der Waals surface area contributed by atoms with Crippen LogP contribution in [-0.4, -0.2) is 55.9 Å². The van der Waals surface area contributed by atoms with Crippen LogP contribution in [0.4, 0.5) is 0 Å². The molecule has 26 heavy (non-hydrogen) atoms. The molecule has 138 valence electrons. The molecule has 2 aromatic rings. The van der Waals surface area contributed by atoms with Crippen LogP contribution in [0.1, 0.15) is 31.3 Å². The fourth-order valence-electron chi connectivity index (χ4n) is 4.37. The third-order valence-electron chi connectivity index (χ3n) is 5.64. The Bertz CT molecular complexity index is 744. The average Bonchev–Trinajstić information content (AvgIpc) is 2.92. The lowest BCUT2D eigenvalue weighted by molar-refractivity contribution is -0.136. The summed E-state index contributed by atoms with van der Waals surface area (Å²) in [6.07, 6.45) is 8.74. The first-order valence-electron chi connectivity index (χ1n) is 9.64. The van der Waals surface area contributed by atoms with E-state index in [2.05, 4.69) is 32.8 Å². The molecule has 0 spiro atoms. The van der Waals surface area contributed by atoms with E-state index in [1.807, 2.05) is 29.1 Å². The number of amides is 1. The molecule has 0 aliphatic carbocycles. The summed E-state index contributed by atoms with van der Waals surface area (Å²) in [5.74, 6) is 1.78. The molecule has 2 bridgehead atoms. The van der Waals surface area contributed by atoms with Crippen molar-refractivity contribution >= 4 is 5.91 Å². The molecular weight excluding hydrogens is 326 g/mol. The highest BCUT2D eigenvalue weighted by Gasteiger charge is 2.37. The second kappa shape index (κ2) is 7.58. The fourth-order valence-corrected chi connectivity index (χ4v) is 4.37. The van der Waals surface area contributed by atoms with Crippen molar-refractivity contribution in [3.8, 4) is 0 Å². The number of carbonyl (C=O) groups excluding carboxylic acids is 1. The largest absolute Gasteiger partial charge is 0.337 e. The molecule has 3 aliphatic rings. The number of carbonyl (C=O) groups is 1. The number of piperidine rings is 1. The molecule has 5 rings (SSSR count). The van der Waals surface area contributed by atoms with Gasteiger partial charge < -0.3 is 9.47 Å². The maximum Gasteiger partial charge on any atom is 0.242 e. The van der Waals surface area contributed by atoms with Crippen molar-refractivity contribution in [2.75, 3.05) is 19.6 Å². The number of aryl methyl sites for hydroxylation is 1. The minimum absolute atomic E-state index is 0.229. The summed E-state index contributed by atoms with van der Waals surface area (Å²) < 4.78 is 1.99. The zero-order valence-electron chi connectivity index (χ0n) is 15.4. The maximum absolute atomic E-state index is 13.0. The lowest BCUT2D eigenvalue weighted by Crippen LogP contribution is -2.48. The van der Waals surface area contributed by atoms with E-state index in [0.717, 1.165) is 50.5 Å². The Morgan fingerprint density at radius 1 is 1.15 bits per heavy atom. The topological polar surface area (TPSA) is 54.3 Å². The Morgan fingerprint density at radius 3 is 2.88 bits per heavy atom. The molecule has 3 aliphatic heterocycles. The van der Waals surface area contributed by atoms with Crippen LogP contribution < -0.4 is 0 Å². The van der Waals surface area contributed by atoms with Gasteiger partial charge in [-0.3, -0.25) is 14.7 Å². The summed E-state index contributed by atoms with van der Waals surface area (Å²) in [7, 11) is 0. The third kappa shape index (κ3) is 3.65. The van der Waals surface area contributed by atoms with Gasteiger partial charge in [0.15, 0.2) is 0 Å². The lowest BCUT2D eigenvalue weighted by Gasteiger charge is -2.36. The van der Waals surface area contributed by atoms with Crippen LogP contribution >= 0.6 is 0 Å². The van der Waals surface area contributed by atoms with Gasteiger partial charge in [0.05, 0.1) is 5.69 Å². The Morgan fingerprint density at radius 2 is 2.08 bits per heavy atom. The summed E-state index contributed by atoms with van der Waals surface area (Å²) in [4.78, 5) is 26.4. The van der Waals surface area contributed by atoms with Gasteiger partial charge in [0.2, 0.25) is 5.91 Å². The Labute approximate surface area is 154 Å². The summed E-state index contributed by atoms with van der Waals surface area (Å²) in [5, 5.41) is 0. The first-order chi connectivity index (χ1) is 12.7. The van der Waals surface area contributed by atoms with Crippen molar-refractivity contribution in [1.29, 1.82) is 0 Å². The van der Waals surface area contributed by atoms with Crippen molar-refractivity contribution in [2.24, 2.45) is 5.92 Å². The lowest BCUT2D eigenvalue weighted by atomic mass is 9.95. The molecule has 3 fully saturated rings. The highest BCUT2D eigenvalue weighted by Crippen LogP contribution is 2.29. The second-order valence-electron chi connectivity index (χ2n) is 7.48. The fraction of sp³-hybridized carbons (Fsp3) is 0.550. The van der Waals surface area contributed by atoms with Gasteiger partial charge in [0.25, 0.3) is 0 Å². The molecule has 3 saturated heterocycles. The van der Waals surface area contributed by atoms with Crippen LogP contribution in [0.25, 0.3) is 0 Å². The summed E-state index contributed by atoms with van der Waals surface area (Å²) in [5.41, 5.74) is 1.11. The molecular formula is C20H27N5O. The molecule has 0 radical (unpaired) electrons. The van der Waals surface area contributed by atoms with Gasteiger partial charge in [-0.05, 0) is 30.9 Å². The SMILES string of the molecule is CCc1nccn1CC(=O)N1C[C@H]2CC[C@@H]1CN(Cc1ccccn1)C2. The molecule has 1 amide bonds. The van der Waals surface area contributed by atoms with Crippen molar-refractivity contribution in [1.82, 2.24) is 24.3 Å². The number of aromatic nitrogens is 3. The standard InChI is InChI=1S/C20H27N5O/c1-2-19-22-9-10-24(19)15-20(26)25-12-16-6-7-18(25)14-23(11-16)13-17-5-3-4-8-21-17/h3-5,8-10,16,18H,2,6-7,11-15H2,1H3/t16-,18+/m0/s1. The van der Waals surface area contributed by atoms with Crippen molar-refractivity contribution < 1.29 is 4.79 Å². The number of imidazole rings is 1. The van der Waals surface area contributed by atoms with E-state index < -0.39 is 0 Å². The van der Waals surface area contributed by atoms with Gasteiger partial charge in [0.1, 0.15) is 12.4 Å². The van der Waals surface area contributed by atoms with Crippen LogP contribution in [0.2, 0.25) is 0 Å². The van der Waals surface area contributed by atoms with E-state index in [4.69, 9.17) is 0 Å². The number of pyridine rings is 1. The van der Waals surface area contributed by atoms with Crippen molar-refractivity contribution in [2.45, 2.75) is 45.3 Å². The number of hydrogen-bond acceptors (Lipinski definition) is 4. The number of nitrogens with zero attached hydrogens (tertiary/aromatic N) is 5. The van der Waals surface area contributed by atoms with Gasteiger partial charge in [-0.2, -0.15) is 0 Å².